The highest BCUT2D eigenvalue weighted by molar-refractivity contribution is 5.86. The summed E-state index contributed by atoms with van der Waals surface area (Å²) in [6.45, 7) is 3.77. The summed E-state index contributed by atoms with van der Waals surface area (Å²) >= 11 is 0. The third-order valence-corrected chi connectivity index (χ3v) is 2.58. The lowest BCUT2D eigenvalue weighted by Crippen LogP contribution is -1.93. The van der Waals surface area contributed by atoms with Crippen LogP contribution in [0.25, 0.3) is 5.57 Å². The number of rotatable bonds is 2. The van der Waals surface area contributed by atoms with Crippen LogP contribution in [0.4, 0.5) is 0 Å². The topological polar surface area (TPSA) is 95.2 Å². The summed E-state index contributed by atoms with van der Waals surface area (Å²) < 4.78 is 0. The average Bonchev–Trinajstić information content (AvgIpc) is 2.41. The minimum absolute atomic E-state index is 0.0819. The van der Waals surface area contributed by atoms with Gasteiger partial charge in [-0.15, -0.1) is 0 Å². The summed E-state index contributed by atoms with van der Waals surface area (Å²) in [4.78, 5) is 0. The molecule has 4 heteroatoms. The summed E-state index contributed by atoms with van der Waals surface area (Å²) in [5.74, 6) is 0. The molecule has 0 aromatic heterocycles. The fourth-order valence-corrected chi connectivity index (χ4v) is 1.86. The first kappa shape index (κ1) is 14.7. The van der Waals surface area contributed by atoms with Crippen molar-refractivity contribution in [2.75, 3.05) is 0 Å². The van der Waals surface area contributed by atoms with Crippen LogP contribution >= 0.6 is 0 Å². The first-order valence-electron chi connectivity index (χ1n) is 5.70. The van der Waals surface area contributed by atoms with E-state index in [-0.39, 0.29) is 16.7 Å². The monoisotopic (exact) mass is 258 g/mol. The summed E-state index contributed by atoms with van der Waals surface area (Å²) in [5.41, 5.74) is 2.39. The molecule has 0 spiro atoms. The van der Waals surface area contributed by atoms with Crippen LogP contribution < -0.4 is 0 Å². The third-order valence-electron chi connectivity index (χ3n) is 2.58. The van der Waals surface area contributed by atoms with Crippen molar-refractivity contribution in [3.63, 3.8) is 0 Å². The number of hydrogen-bond acceptors (Lipinski definition) is 4. The molecule has 94 valence electrons. The van der Waals surface area contributed by atoms with Crippen molar-refractivity contribution in [2.24, 2.45) is 0 Å². The van der Waals surface area contributed by atoms with E-state index in [0.717, 1.165) is 17.2 Å². The average molecular weight is 258 g/mol. The molecule has 20 heavy (non-hydrogen) atoms. The van der Waals surface area contributed by atoms with Gasteiger partial charge in [-0.05, 0) is 19.4 Å². The van der Waals surface area contributed by atoms with E-state index < -0.39 is 0 Å². The molecule has 0 saturated carbocycles. The number of benzene rings is 1. The lowest BCUT2D eigenvalue weighted by Gasteiger charge is -2.05. The zero-order valence-electron chi connectivity index (χ0n) is 11.1. The van der Waals surface area contributed by atoms with Gasteiger partial charge in [0.25, 0.3) is 0 Å². The summed E-state index contributed by atoms with van der Waals surface area (Å²) in [5, 5.41) is 36.1. The van der Waals surface area contributed by atoms with E-state index in [4.69, 9.17) is 10.5 Å². The van der Waals surface area contributed by atoms with Crippen LogP contribution in [0, 0.1) is 59.2 Å². The van der Waals surface area contributed by atoms with Crippen LogP contribution in [-0.4, -0.2) is 0 Å². The molecule has 1 aromatic carbocycles. The molecular weight excluding hydrogens is 248 g/mol. The second-order valence-corrected chi connectivity index (χ2v) is 4.15. The van der Waals surface area contributed by atoms with Crippen LogP contribution in [0.2, 0.25) is 0 Å². The van der Waals surface area contributed by atoms with Gasteiger partial charge < -0.3 is 0 Å². The molecule has 0 radical (unpaired) electrons. The number of hydrogen-bond donors (Lipinski definition) is 0. The molecule has 0 aliphatic heterocycles. The molecule has 0 saturated heterocycles. The SMILES string of the molecule is Cc1cc(C)cc(/C(C#N)=C(C#N)/C(C#N)=C/C#N)c1. The maximum absolute atomic E-state index is 9.30. The molecule has 0 fully saturated rings. The highest BCUT2D eigenvalue weighted by Gasteiger charge is 2.14. The second-order valence-electron chi connectivity index (χ2n) is 4.15. The van der Waals surface area contributed by atoms with E-state index in [1.807, 2.05) is 32.1 Å². The molecular formula is C16H10N4. The Labute approximate surface area is 117 Å². The molecule has 0 aliphatic carbocycles. The molecule has 1 aromatic rings. The number of nitriles is 4. The van der Waals surface area contributed by atoms with Crippen molar-refractivity contribution in [3.05, 3.63) is 52.1 Å². The van der Waals surface area contributed by atoms with E-state index in [9.17, 15) is 10.5 Å². The molecule has 0 atom stereocenters. The standard InChI is InChI=1S/C16H10N4/c1-11-5-12(2)7-14(6-11)16(10-20)15(9-19)13(8-18)3-4-17/h3,5-7H,1-2H3/b13-3+,16-15+. The van der Waals surface area contributed by atoms with Crippen LogP contribution in [-0.2, 0) is 0 Å². The van der Waals surface area contributed by atoms with Crippen molar-refractivity contribution >= 4 is 5.57 Å². The maximum atomic E-state index is 9.30. The van der Waals surface area contributed by atoms with E-state index in [1.54, 1.807) is 24.3 Å². The van der Waals surface area contributed by atoms with Crippen LogP contribution in [0.1, 0.15) is 16.7 Å². The molecule has 0 heterocycles. The van der Waals surface area contributed by atoms with Gasteiger partial charge in [0, 0.05) is 6.08 Å². The Morgan fingerprint density at radius 2 is 1.50 bits per heavy atom. The minimum Gasteiger partial charge on any atom is -0.193 e. The van der Waals surface area contributed by atoms with Gasteiger partial charge in [0.05, 0.1) is 22.8 Å². The molecule has 0 bridgehead atoms. The lowest BCUT2D eigenvalue weighted by atomic mass is 9.94. The predicted octanol–water partition coefficient (Wildman–Crippen LogP) is 3.08. The van der Waals surface area contributed by atoms with Crippen molar-refractivity contribution in [1.82, 2.24) is 0 Å². The lowest BCUT2D eigenvalue weighted by molar-refractivity contribution is 1.36. The third kappa shape index (κ3) is 3.11. The molecule has 0 unspecified atom stereocenters. The maximum Gasteiger partial charge on any atom is 0.102 e. The molecule has 0 amide bonds. The Balaban J connectivity index is 3.67. The number of aryl methyl sites for hydroxylation is 2. The minimum atomic E-state index is -0.106. The Morgan fingerprint density at radius 1 is 0.900 bits per heavy atom. The van der Waals surface area contributed by atoms with Gasteiger partial charge in [-0.2, -0.15) is 21.0 Å². The van der Waals surface area contributed by atoms with Crippen molar-refractivity contribution in [1.29, 1.82) is 21.0 Å². The zero-order valence-corrected chi connectivity index (χ0v) is 11.1. The van der Waals surface area contributed by atoms with E-state index >= 15 is 0 Å². The van der Waals surface area contributed by atoms with Crippen LogP contribution in [0.15, 0.2) is 35.4 Å². The van der Waals surface area contributed by atoms with Gasteiger partial charge in [-0.25, -0.2) is 0 Å². The predicted molar refractivity (Wildman–Crippen MR) is 73.4 cm³/mol. The number of nitrogens with zero attached hydrogens (tertiary/aromatic N) is 4. The Morgan fingerprint density at radius 3 is 1.90 bits per heavy atom. The van der Waals surface area contributed by atoms with E-state index in [2.05, 4.69) is 0 Å². The number of allylic oxidation sites excluding steroid dienone is 4. The van der Waals surface area contributed by atoms with Gasteiger partial charge >= 0.3 is 0 Å². The van der Waals surface area contributed by atoms with Gasteiger partial charge in [-0.1, -0.05) is 29.3 Å². The fourth-order valence-electron chi connectivity index (χ4n) is 1.86. The Hall–Kier alpha value is -3.34. The van der Waals surface area contributed by atoms with Gasteiger partial charge in [0.2, 0.25) is 0 Å². The van der Waals surface area contributed by atoms with Crippen molar-refractivity contribution in [2.45, 2.75) is 13.8 Å². The summed E-state index contributed by atoms with van der Waals surface area (Å²) in [6.07, 6.45) is 0.971. The van der Waals surface area contributed by atoms with Gasteiger partial charge in [-0.3, -0.25) is 0 Å². The highest BCUT2D eigenvalue weighted by Crippen LogP contribution is 2.24. The van der Waals surface area contributed by atoms with E-state index in [0.29, 0.717) is 5.56 Å². The van der Waals surface area contributed by atoms with Gasteiger partial charge in [0.15, 0.2) is 0 Å². The van der Waals surface area contributed by atoms with Crippen LogP contribution in [0.3, 0.4) is 0 Å². The normalized spacial score (nSPS) is 11.4. The molecule has 0 aliphatic rings. The first-order valence-corrected chi connectivity index (χ1v) is 5.70. The van der Waals surface area contributed by atoms with Crippen molar-refractivity contribution < 1.29 is 0 Å². The van der Waals surface area contributed by atoms with Crippen molar-refractivity contribution in [3.8, 4) is 24.3 Å². The molecule has 0 N–H and O–H groups in total. The van der Waals surface area contributed by atoms with Crippen LogP contribution in [0.5, 0.6) is 0 Å². The smallest absolute Gasteiger partial charge is 0.102 e. The van der Waals surface area contributed by atoms with E-state index in [1.165, 1.54) is 0 Å². The van der Waals surface area contributed by atoms with Gasteiger partial charge in [0.1, 0.15) is 18.2 Å². The first-order chi connectivity index (χ1) is 9.57. The summed E-state index contributed by atoms with van der Waals surface area (Å²) in [6, 6.07) is 12.8. The zero-order chi connectivity index (χ0) is 15.1. The highest BCUT2D eigenvalue weighted by atomic mass is 14.3. The Bertz CT molecular complexity index is 748. The Kier molecular flexibility index (Phi) is 4.82. The molecule has 4 nitrogen and oxygen atoms in total. The quantitative estimate of drug-likeness (QED) is 0.601. The largest absolute Gasteiger partial charge is 0.193 e. The second kappa shape index (κ2) is 6.55. The fraction of sp³-hybridized carbons (Fsp3) is 0.125. The molecule has 1 rings (SSSR count). The summed E-state index contributed by atoms with van der Waals surface area (Å²) in [7, 11) is 0.